The minimum Gasteiger partial charge on any atom is -0.391 e. The van der Waals surface area contributed by atoms with Crippen LogP contribution < -0.4 is 10.6 Å². The van der Waals surface area contributed by atoms with Gasteiger partial charge in [0.05, 0.1) is 11.0 Å². The number of rotatable bonds is 6. The van der Waals surface area contributed by atoms with Crippen molar-refractivity contribution >= 4 is 17.4 Å². The zero-order valence-corrected chi connectivity index (χ0v) is 13.2. The molecule has 7 heteroatoms. The standard InChI is InChI=1S/C17H19N3O4/c1-12-9-14(20(23)24)7-8-16(12)19-17(22)18-11-15(21)10-13-5-3-2-4-6-13/h2-9,15,21H,10-11H2,1H3,(H2,18,19,22)/t15-/m0/s1. The number of hydrogen-bond donors (Lipinski definition) is 3. The lowest BCUT2D eigenvalue weighted by atomic mass is 10.1. The van der Waals surface area contributed by atoms with E-state index in [1.165, 1.54) is 18.2 Å². The van der Waals surface area contributed by atoms with Crippen LogP contribution in [-0.2, 0) is 6.42 Å². The molecule has 0 spiro atoms. The van der Waals surface area contributed by atoms with Gasteiger partial charge in [0.15, 0.2) is 0 Å². The highest BCUT2D eigenvalue weighted by Gasteiger charge is 2.11. The van der Waals surface area contributed by atoms with Crippen molar-refractivity contribution in [1.82, 2.24) is 5.32 Å². The third kappa shape index (κ3) is 5.06. The van der Waals surface area contributed by atoms with Crippen molar-refractivity contribution in [3.05, 3.63) is 69.8 Å². The van der Waals surface area contributed by atoms with E-state index in [-0.39, 0.29) is 12.2 Å². The number of nitrogens with one attached hydrogen (secondary N) is 2. The number of aliphatic hydroxyl groups is 1. The molecule has 2 aromatic rings. The smallest absolute Gasteiger partial charge is 0.319 e. The first-order valence-electron chi connectivity index (χ1n) is 7.47. The third-order valence-corrected chi connectivity index (χ3v) is 3.48. The number of nitro benzene ring substituents is 1. The van der Waals surface area contributed by atoms with Crippen LogP contribution in [0.4, 0.5) is 16.2 Å². The molecule has 0 aromatic heterocycles. The number of carbonyl (C=O) groups excluding carboxylic acids is 1. The van der Waals surface area contributed by atoms with Crippen LogP contribution in [0.25, 0.3) is 0 Å². The molecule has 2 aromatic carbocycles. The number of anilines is 1. The summed E-state index contributed by atoms with van der Waals surface area (Å²) < 4.78 is 0. The normalized spacial score (nSPS) is 11.6. The summed E-state index contributed by atoms with van der Waals surface area (Å²) in [5, 5.41) is 25.8. The molecule has 0 saturated carbocycles. The average molecular weight is 329 g/mol. The van der Waals surface area contributed by atoms with E-state index in [0.717, 1.165) is 5.56 Å². The van der Waals surface area contributed by atoms with Gasteiger partial charge in [0.25, 0.3) is 5.69 Å². The number of benzene rings is 2. The molecule has 1 atom stereocenters. The number of nitro groups is 1. The van der Waals surface area contributed by atoms with E-state index in [0.29, 0.717) is 17.7 Å². The lowest BCUT2D eigenvalue weighted by molar-refractivity contribution is -0.384. The number of carbonyl (C=O) groups is 1. The highest BCUT2D eigenvalue weighted by molar-refractivity contribution is 5.90. The summed E-state index contributed by atoms with van der Waals surface area (Å²) in [6, 6.07) is 13.2. The Balaban J connectivity index is 1.84. The van der Waals surface area contributed by atoms with Crippen LogP contribution >= 0.6 is 0 Å². The second-order valence-electron chi connectivity index (χ2n) is 5.43. The second kappa shape index (κ2) is 8.07. The molecule has 0 aliphatic rings. The van der Waals surface area contributed by atoms with Crippen molar-refractivity contribution in [2.24, 2.45) is 0 Å². The van der Waals surface area contributed by atoms with Crippen molar-refractivity contribution in [3.63, 3.8) is 0 Å². The maximum absolute atomic E-state index is 11.9. The number of aryl methyl sites for hydroxylation is 1. The Morgan fingerprint density at radius 1 is 1.25 bits per heavy atom. The van der Waals surface area contributed by atoms with Gasteiger partial charge < -0.3 is 15.7 Å². The fourth-order valence-corrected chi connectivity index (χ4v) is 2.24. The van der Waals surface area contributed by atoms with Gasteiger partial charge in [0, 0.05) is 30.8 Å². The van der Waals surface area contributed by atoms with Gasteiger partial charge in [-0.2, -0.15) is 0 Å². The van der Waals surface area contributed by atoms with Crippen molar-refractivity contribution in [2.45, 2.75) is 19.4 Å². The predicted octanol–water partition coefficient (Wildman–Crippen LogP) is 2.63. The van der Waals surface area contributed by atoms with Crippen LogP contribution in [0, 0.1) is 17.0 Å². The average Bonchev–Trinajstić information content (AvgIpc) is 2.55. The summed E-state index contributed by atoms with van der Waals surface area (Å²) >= 11 is 0. The van der Waals surface area contributed by atoms with Gasteiger partial charge in [0.1, 0.15) is 0 Å². The molecule has 2 amide bonds. The maximum Gasteiger partial charge on any atom is 0.319 e. The number of non-ortho nitro benzene ring substituents is 1. The maximum atomic E-state index is 11.9. The molecule has 0 aliphatic heterocycles. The lowest BCUT2D eigenvalue weighted by Crippen LogP contribution is -2.36. The highest BCUT2D eigenvalue weighted by atomic mass is 16.6. The van der Waals surface area contributed by atoms with Gasteiger partial charge >= 0.3 is 6.03 Å². The molecule has 0 aliphatic carbocycles. The number of nitrogens with zero attached hydrogens (tertiary/aromatic N) is 1. The molecule has 126 valence electrons. The summed E-state index contributed by atoms with van der Waals surface area (Å²) in [7, 11) is 0. The molecule has 0 bridgehead atoms. The fourth-order valence-electron chi connectivity index (χ4n) is 2.24. The molecule has 2 rings (SSSR count). The third-order valence-electron chi connectivity index (χ3n) is 3.48. The van der Waals surface area contributed by atoms with E-state index in [9.17, 15) is 20.0 Å². The van der Waals surface area contributed by atoms with Crippen LogP contribution in [0.3, 0.4) is 0 Å². The van der Waals surface area contributed by atoms with E-state index >= 15 is 0 Å². The molecule has 7 nitrogen and oxygen atoms in total. The molecule has 0 unspecified atom stereocenters. The second-order valence-corrected chi connectivity index (χ2v) is 5.43. The Bertz CT molecular complexity index is 719. The molecule has 3 N–H and O–H groups in total. The molecule has 24 heavy (non-hydrogen) atoms. The largest absolute Gasteiger partial charge is 0.391 e. The number of urea groups is 1. The summed E-state index contributed by atoms with van der Waals surface area (Å²) in [5.41, 5.74) is 2.02. The summed E-state index contributed by atoms with van der Waals surface area (Å²) in [5.74, 6) is 0. The Labute approximate surface area is 139 Å². The summed E-state index contributed by atoms with van der Waals surface area (Å²) in [4.78, 5) is 22.1. The van der Waals surface area contributed by atoms with Crippen LogP contribution in [0.5, 0.6) is 0 Å². The van der Waals surface area contributed by atoms with Gasteiger partial charge in [-0.1, -0.05) is 30.3 Å². The van der Waals surface area contributed by atoms with Gasteiger partial charge in [-0.15, -0.1) is 0 Å². The van der Waals surface area contributed by atoms with Gasteiger partial charge in [-0.25, -0.2) is 4.79 Å². The monoisotopic (exact) mass is 329 g/mol. The van der Waals surface area contributed by atoms with Crippen molar-refractivity contribution in [1.29, 1.82) is 0 Å². The van der Waals surface area contributed by atoms with Crippen LogP contribution in [0.1, 0.15) is 11.1 Å². The Morgan fingerprint density at radius 3 is 2.58 bits per heavy atom. The van der Waals surface area contributed by atoms with E-state index in [4.69, 9.17) is 0 Å². The quantitative estimate of drug-likeness (QED) is 0.559. The SMILES string of the molecule is Cc1cc([N+](=O)[O-])ccc1NC(=O)NC[C@@H](O)Cc1ccccc1. The predicted molar refractivity (Wildman–Crippen MR) is 91.0 cm³/mol. The molecular weight excluding hydrogens is 310 g/mol. The molecule has 0 heterocycles. The fraction of sp³-hybridized carbons (Fsp3) is 0.235. The zero-order chi connectivity index (χ0) is 17.5. The van der Waals surface area contributed by atoms with Crippen LogP contribution in [0.2, 0.25) is 0 Å². The van der Waals surface area contributed by atoms with E-state index in [1.54, 1.807) is 6.92 Å². The topological polar surface area (TPSA) is 105 Å². The van der Waals surface area contributed by atoms with Gasteiger partial charge in [-0.3, -0.25) is 10.1 Å². The Kier molecular flexibility index (Phi) is 5.86. The van der Waals surface area contributed by atoms with Gasteiger partial charge in [-0.05, 0) is 24.1 Å². The molecule has 0 saturated heterocycles. The van der Waals surface area contributed by atoms with Crippen molar-refractivity contribution < 1.29 is 14.8 Å². The lowest BCUT2D eigenvalue weighted by Gasteiger charge is -2.13. The Hall–Kier alpha value is -2.93. The molecule has 0 fully saturated rings. The van der Waals surface area contributed by atoms with E-state index < -0.39 is 17.1 Å². The number of amides is 2. The minimum atomic E-state index is -0.698. The number of hydrogen-bond acceptors (Lipinski definition) is 4. The first-order chi connectivity index (χ1) is 11.5. The first kappa shape index (κ1) is 17.4. The summed E-state index contributed by atoms with van der Waals surface area (Å²) in [6.45, 7) is 1.78. The van der Waals surface area contributed by atoms with E-state index in [1.807, 2.05) is 30.3 Å². The van der Waals surface area contributed by atoms with Crippen LogP contribution in [0.15, 0.2) is 48.5 Å². The van der Waals surface area contributed by atoms with E-state index in [2.05, 4.69) is 10.6 Å². The molecule has 0 radical (unpaired) electrons. The zero-order valence-electron chi connectivity index (χ0n) is 13.2. The van der Waals surface area contributed by atoms with Crippen molar-refractivity contribution in [3.8, 4) is 0 Å². The van der Waals surface area contributed by atoms with Crippen molar-refractivity contribution in [2.75, 3.05) is 11.9 Å². The Morgan fingerprint density at radius 2 is 1.96 bits per heavy atom. The molecular formula is C17H19N3O4. The van der Waals surface area contributed by atoms with Gasteiger partial charge in [0.2, 0.25) is 0 Å². The van der Waals surface area contributed by atoms with Crippen LogP contribution in [-0.4, -0.2) is 28.7 Å². The number of aliphatic hydroxyl groups excluding tert-OH is 1. The summed E-state index contributed by atoms with van der Waals surface area (Å²) in [6.07, 6.45) is -0.256. The minimum absolute atomic E-state index is 0.0308. The highest BCUT2D eigenvalue weighted by Crippen LogP contribution is 2.20. The first-order valence-corrected chi connectivity index (χ1v) is 7.47.